The first-order valence-corrected chi connectivity index (χ1v) is 8.19. The van der Waals surface area contributed by atoms with E-state index in [-0.39, 0.29) is 10.7 Å². The Bertz CT molecular complexity index is 510. The minimum absolute atomic E-state index is 0.0477. The van der Waals surface area contributed by atoms with Gasteiger partial charge >= 0.3 is 0 Å². The minimum Gasteiger partial charge on any atom is -0.381 e. The van der Waals surface area contributed by atoms with Gasteiger partial charge in [-0.3, -0.25) is 4.68 Å². The molecule has 1 aromatic heterocycles. The fourth-order valence-electron chi connectivity index (χ4n) is 2.09. The second kappa shape index (κ2) is 5.92. The third-order valence-corrected chi connectivity index (χ3v) is 5.34. The van der Waals surface area contributed by atoms with Crippen LogP contribution in [0.3, 0.4) is 0 Å². The largest absolute Gasteiger partial charge is 0.381 e. The maximum atomic E-state index is 12.4. The number of hydrogen-bond donors (Lipinski definition) is 2. The van der Waals surface area contributed by atoms with Crippen molar-refractivity contribution in [1.29, 1.82) is 0 Å². The number of nitrogens with zero attached hydrogens (tertiary/aromatic N) is 2. The number of hydrogen-bond acceptors (Lipinski definition) is 4. The summed E-state index contributed by atoms with van der Waals surface area (Å²) >= 11 is 0. The maximum Gasteiger partial charge on any atom is 0.246 e. The lowest BCUT2D eigenvalue weighted by Gasteiger charge is -2.31. The number of nitrogens with two attached hydrogens (primary N) is 1. The average molecular weight is 288 g/mol. The summed E-state index contributed by atoms with van der Waals surface area (Å²) in [6.07, 6.45) is 3.69. The molecule has 0 radical (unpaired) electrons. The summed E-state index contributed by atoms with van der Waals surface area (Å²) in [4.78, 5) is 0.0640. The summed E-state index contributed by atoms with van der Waals surface area (Å²) in [5.74, 6) is 0.0477. The minimum atomic E-state index is -3.63. The quantitative estimate of drug-likeness (QED) is 0.799. The van der Waals surface area contributed by atoms with Crippen LogP contribution >= 0.6 is 0 Å². The number of aryl methyl sites for hydroxylation is 1. The van der Waals surface area contributed by atoms with E-state index in [1.165, 1.54) is 10.9 Å². The van der Waals surface area contributed by atoms with Crippen LogP contribution in [0.15, 0.2) is 11.1 Å². The molecule has 3 N–H and O–H groups in total. The molecular weight excluding hydrogens is 264 g/mol. The van der Waals surface area contributed by atoms with Crippen molar-refractivity contribution < 1.29 is 8.42 Å². The summed E-state index contributed by atoms with van der Waals surface area (Å²) in [6.45, 7) is 8.40. The second-order valence-corrected chi connectivity index (χ2v) is 6.33. The van der Waals surface area contributed by atoms with Gasteiger partial charge in [0.05, 0.1) is 0 Å². The summed E-state index contributed by atoms with van der Waals surface area (Å²) in [5.41, 5.74) is 5.28. The first-order valence-electron chi connectivity index (χ1n) is 6.71. The Labute approximate surface area is 115 Å². The summed E-state index contributed by atoms with van der Waals surface area (Å²) in [5, 5.41) is 3.98. The Balaban J connectivity index is 3.13. The lowest BCUT2D eigenvalue weighted by molar-refractivity contribution is 0.342. The average Bonchev–Trinajstić information content (AvgIpc) is 2.78. The van der Waals surface area contributed by atoms with Crippen LogP contribution in [0, 0.1) is 0 Å². The molecule has 6 nitrogen and oxygen atoms in total. The highest BCUT2D eigenvalue weighted by atomic mass is 32.2. The molecule has 0 aliphatic heterocycles. The Kier molecular flexibility index (Phi) is 4.98. The number of sulfonamides is 1. The van der Waals surface area contributed by atoms with Crippen LogP contribution in [0.1, 0.15) is 47.0 Å². The number of nitrogen functional groups attached to an aromatic ring is 1. The number of anilines is 1. The van der Waals surface area contributed by atoms with E-state index < -0.39 is 15.6 Å². The van der Waals surface area contributed by atoms with Crippen molar-refractivity contribution in [3.63, 3.8) is 0 Å². The van der Waals surface area contributed by atoms with Gasteiger partial charge in [-0.15, -0.1) is 0 Å². The molecule has 110 valence electrons. The van der Waals surface area contributed by atoms with E-state index >= 15 is 0 Å². The van der Waals surface area contributed by atoms with E-state index in [2.05, 4.69) is 9.82 Å². The second-order valence-electron chi connectivity index (χ2n) is 4.68. The van der Waals surface area contributed by atoms with Crippen LogP contribution in [0.25, 0.3) is 0 Å². The van der Waals surface area contributed by atoms with Gasteiger partial charge in [0.25, 0.3) is 0 Å². The van der Waals surface area contributed by atoms with E-state index in [1.54, 1.807) is 0 Å². The Morgan fingerprint density at radius 3 is 2.16 bits per heavy atom. The summed E-state index contributed by atoms with van der Waals surface area (Å²) < 4.78 is 29.2. The highest BCUT2D eigenvalue weighted by Crippen LogP contribution is 2.24. The van der Waals surface area contributed by atoms with Crippen LogP contribution < -0.4 is 10.5 Å². The van der Waals surface area contributed by atoms with Gasteiger partial charge in [0.1, 0.15) is 4.90 Å². The molecule has 0 unspecified atom stereocenters. The molecule has 0 atom stereocenters. The molecule has 0 bridgehead atoms. The van der Waals surface area contributed by atoms with Gasteiger partial charge in [0.2, 0.25) is 10.0 Å². The van der Waals surface area contributed by atoms with E-state index in [4.69, 9.17) is 5.73 Å². The van der Waals surface area contributed by atoms with Gasteiger partial charge < -0.3 is 5.73 Å². The highest BCUT2D eigenvalue weighted by Gasteiger charge is 2.32. The van der Waals surface area contributed by atoms with Crippen molar-refractivity contribution in [3.8, 4) is 0 Å². The van der Waals surface area contributed by atoms with Crippen molar-refractivity contribution in [3.05, 3.63) is 6.20 Å². The normalized spacial score (nSPS) is 12.8. The summed E-state index contributed by atoms with van der Waals surface area (Å²) in [6, 6.07) is 0. The maximum absolute atomic E-state index is 12.4. The molecule has 1 rings (SSSR count). The first-order chi connectivity index (χ1) is 8.84. The van der Waals surface area contributed by atoms with Crippen molar-refractivity contribution >= 4 is 15.8 Å². The molecule has 19 heavy (non-hydrogen) atoms. The molecule has 0 aromatic carbocycles. The molecule has 0 fully saturated rings. The van der Waals surface area contributed by atoms with E-state index in [0.29, 0.717) is 6.54 Å². The Morgan fingerprint density at radius 1 is 1.26 bits per heavy atom. The third kappa shape index (κ3) is 3.27. The SMILES string of the molecule is CCn1cc(S(=O)(=O)NC(CC)(CC)CC)c(N)n1. The number of aromatic nitrogens is 2. The summed E-state index contributed by atoms with van der Waals surface area (Å²) in [7, 11) is -3.63. The standard InChI is InChI=1S/C12H24N4O2S/c1-5-12(6-2,7-3)15-19(17,18)10-9-16(8-4)14-11(10)13/h9,15H,5-8H2,1-4H3,(H2,13,14). The van der Waals surface area contributed by atoms with Gasteiger partial charge in [-0.05, 0) is 26.2 Å². The van der Waals surface area contributed by atoms with Crippen molar-refractivity contribution in [2.24, 2.45) is 0 Å². The van der Waals surface area contributed by atoms with Gasteiger partial charge in [-0.25, -0.2) is 13.1 Å². The molecule has 0 aliphatic carbocycles. The zero-order valence-corrected chi connectivity index (χ0v) is 12.9. The van der Waals surface area contributed by atoms with Crippen molar-refractivity contribution in [1.82, 2.24) is 14.5 Å². The van der Waals surface area contributed by atoms with Crippen LogP contribution in [0.2, 0.25) is 0 Å². The fourth-order valence-corrected chi connectivity index (χ4v) is 3.78. The van der Waals surface area contributed by atoms with Gasteiger partial charge in [-0.2, -0.15) is 5.10 Å². The zero-order valence-electron chi connectivity index (χ0n) is 12.1. The monoisotopic (exact) mass is 288 g/mol. The van der Waals surface area contributed by atoms with Crippen molar-refractivity contribution in [2.45, 2.75) is 63.9 Å². The van der Waals surface area contributed by atoms with Crippen LogP contribution in [0.4, 0.5) is 5.82 Å². The topological polar surface area (TPSA) is 90.0 Å². The molecule has 0 saturated carbocycles. The predicted octanol–water partition coefficient (Wildman–Crippen LogP) is 1.73. The lowest BCUT2D eigenvalue weighted by Crippen LogP contribution is -2.47. The molecule has 0 saturated heterocycles. The van der Waals surface area contributed by atoms with Gasteiger partial charge in [0, 0.05) is 18.3 Å². The smallest absolute Gasteiger partial charge is 0.246 e. The molecule has 0 aliphatic rings. The predicted molar refractivity (Wildman–Crippen MR) is 76.2 cm³/mol. The fraction of sp³-hybridized carbons (Fsp3) is 0.750. The molecule has 1 aromatic rings. The number of rotatable bonds is 7. The van der Waals surface area contributed by atoms with Gasteiger partial charge in [-0.1, -0.05) is 20.8 Å². The van der Waals surface area contributed by atoms with Crippen LogP contribution in [-0.2, 0) is 16.6 Å². The molecular formula is C12H24N4O2S. The highest BCUT2D eigenvalue weighted by molar-refractivity contribution is 7.89. The van der Waals surface area contributed by atoms with Gasteiger partial charge in [0.15, 0.2) is 5.82 Å². The third-order valence-electron chi connectivity index (χ3n) is 3.75. The molecule has 7 heteroatoms. The first kappa shape index (κ1) is 16.0. The van der Waals surface area contributed by atoms with E-state index in [9.17, 15) is 8.42 Å². The zero-order chi connectivity index (χ0) is 14.7. The van der Waals surface area contributed by atoms with Crippen LogP contribution in [-0.4, -0.2) is 23.7 Å². The Morgan fingerprint density at radius 2 is 1.79 bits per heavy atom. The lowest BCUT2D eigenvalue weighted by atomic mass is 9.91. The van der Waals surface area contributed by atoms with Crippen LogP contribution in [0.5, 0.6) is 0 Å². The molecule has 1 heterocycles. The van der Waals surface area contributed by atoms with E-state index in [0.717, 1.165) is 19.3 Å². The molecule has 0 amide bonds. The van der Waals surface area contributed by atoms with E-state index in [1.807, 2.05) is 27.7 Å². The van der Waals surface area contributed by atoms with Crippen molar-refractivity contribution in [2.75, 3.05) is 5.73 Å². The number of nitrogens with one attached hydrogen (secondary N) is 1. The Hall–Kier alpha value is -1.08. The molecule has 0 spiro atoms.